The minimum absolute atomic E-state index is 0.176. The molecule has 0 aromatic rings. The van der Waals surface area contributed by atoms with Crippen LogP contribution in [0.4, 0.5) is 0 Å². The lowest BCUT2D eigenvalue weighted by Crippen LogP contribution is -2.23. The molecule has 0 rings (SSSR count). The van der Waals surface area contributed by atoms with Crippen molar-refractivity contribution < 1.29 is 14.2 Å². The van der Waals surface area contributed by atoms with Gasteiger partial charge in [-0.25, -0.2) is 0 Å². The lowest BCUT2D eigenvalue weighted by atomic mass is 10.3. The van der Waals surface area contributed by atoms with E-state index in [0.29, 0.717) is 6.61 Å². The molecule has 0 amide bonds. The van der Waals surface area contributed by atoms with E-state index < -0.39 is 0 Å². The van der Waals surface area contributed by atoms with Crippen molar-refractivity contribution in [2.24, 2.45) is 0 Å². The van der Waals surface area contributed by atoms with Gasteiger partial charge in [-0.1, -0.05) is 6.08 Å². The molecule has 12 heavy (non-hydrogen) atoms. The average molecular weight is 174 g/mol. The lowest BCUT2D eigenvalue weighted by Gasteiger charge is -2.16. The molecule has 0 spiro atoms. The Kier molecular flexibility index (Phi) is 7.05. The van der Waals surface area contributed by atoms with Crippen LogP contribution < -0.4 is 0 Å². The molecule has 0 N–H and O–H groups in total. The Balaban J connectivity index is 3.43. The van der Waals surface area contributed by atoms with Crippen LogP contribution in [0.1, 0.15) is 13.3 Å². The summed E-state index contributed by atoms with van der Waals surface area (Å²) in [5.74, 6) is 0. The van der Waals surface area contributed by atoms with Crippen molar-refractivity contribution in [3.05, 3.63) is 12.7 Å². The van der Waals surface area contributed by atoms with E-state index in [0.717, 1.165) is 6.42 Å². The second kappa shape index (κ2) is 7.28. The molecular formula is C9H18O3. The van der Waals surface area contributed by atoms with Crippen LogP contribution in [-0.2, 0) is 14.2 Å². The van der Waals surface area contributed by atoms with E-state index in [9.17, 15) is 0 Å². The molecule has 0 radical (unpaired) electrons. The summed E-state index contributed by atoms with van der Waals surface area (Å²) in [6, 6.07) is 0. The zero-order valence-corrected chi connectivity index (χ0v) is 8.08. The van der Waals surface area contributed by atoms with Gasteiger partial charge in [-0.3, -0.25) is 0 Å². The Morgan fingerprint density at radius 3 is 2.33 bits per heavy atom. The van der Waals surface area contributed by atoms with Gasteiger partial charge in [0.2, 0.25) is 0 Å². The zero-order chi connectivity index (χ0) is 9.40. The largest absolute Gasteiger partial charge is 0.373 e. The number of hydrogen-bond donors (Lipinski definition) is 0. The molecule has 72 valence electrons. The van der Waals surface area contributed by atoms with Crippen LogP contribution in [0, 0.1) is 0 Å². The van der Waals surface area contributed by atoms with Gasteiger partial charge in [0.05, 0.1) is 12.7 Å². The molecule has 0 unspecified atom stereocenters. The van der Waals surface area contributed by atoms with Crippen molar-refractivity contribution in [2.75, 3.05) is 20.8 Å². The number of hydrogen-bond acceptors (Lipinski definition) is 3. The van der Waals surface area contributed by atoms with Crippen LogP contribution in [0.5, 0.6) is 0 Å². The van der Waals surface area contributed by atoms with Crippen LogP contribution >= 0.6 is 0 Å². The molecular weight excluding hydrogens is 156 g/mol. The van der Waals surface area contributed by atoms with Gasteiger partial charge >= 0.3 is 0 Å². The van der Waals surface area contributed by atoms with Crippen molar-refractivity contribution in [2.45, 2.75) is 25.7 Å². The summed E-state index contributed by atoms with van der Waals surface area (Å²) >= 11 is 0. The molecule has 0 aliphatic heterocycles. The van der Waals surface area contributed by atoms with Crippen LogP contribution in [0.2, 0.25) is 0 Å². The highest BCUT2D eigenvalue weighted by Crippen LogP contribution is 2.00. The van der Waals surface area contributed by atoms with Crippen molar-refractivity contribution in [1.82, 2.24) is 0 Å². The summed E-state index contributed by atoms with van der Waals surface area (Å²) in [7, 11) is 3.19. The first-order valence-corrected chi connectivity index (χ1v) is 4.02. The number of rotatable bonds is 7. The fourth-order valence-corrected chi connectivity index (χ4v) is 0.778. The van der Waals surface area contributed by atoms with Crippen molar-refractivity contribution in [1.29, 1.82) is 0 Å². The van der Waals surface area contributed by atoms with Gasteiger partial charge in [0.25, 0.3) is 0 Å². The molecule has 1 atom stereocenters. The molecule has 0 aliphatic rings. The zero-order valence-electron chi connectivity index (χ0n) is 8.08. The third-order valence-electron chi connectivity index (χ3n) is 1.54. The predicted molar refractivity (Wildman–Crippen MR) is 48.0 cm³/mol. The van der Waals surface area contributed by atoms with Crippen LogP contribution in [0.25, 0.3) is 0 Å². The standard InChI is InChI=1S/C9H18O3/c1-5-6-8(2)12-7-9(10-3)11-4/h5,8-9H,1,6-7H2,2-4H3/t8-/m0/s1. The summed E-state index contributed by atoms with van der Waals surface area (Å²) in [5, 5.41) is 0. The maximum Gasteiger partial charge on any atom is 0.180 e. The van der Waals surface area contributed by atoms with Crippen LogP contribution in [-0.4, -0.2) is 33.2 Å². The predicted octanol–water partition coefficient (Wildman–Crippen LogP) is 1.59. The molecule has 0 aromatic heterocycles. The minimum atomic E-state index is -0.266. The van der Waals surface area contributed by atoms with E-state index in [2.05, 4.69) is 6.58 Å². The highest BCUT2D eigenvalue weighted by Gasteiger charge is 2.07. The molecule has 0 saturated heterocycles. The van der Waals surface area contributed by atoms with Crippen molar-refractivity contribution in [3.8, 4) is 0 Å². The maximum absolute atomic E-state index is 5.41. The third kappa shape index (κ3) is 5.29. The molecule has 3 heteroatoms. The number of methoxy groups -OCH3 is 2. The lowest BCUT2D eigenvalue weighted by molar-refractivity contribution is -0.149. The van der Waals surface area contributed by atoms with E-state index in [1.165, 1.54) is 0 Å². The topological polar surface area (TPSA) is 27.7 Å². The summed E-state index contributed by atoms with van der Waals surface area (Å²) in [5.41, 5.74) is 0. The summed E-state index contributed by atoms with van der Waals surface area (Å²) in [6.45, 7) is 6.08. The summed E-state index contributed by atoms with van der Waals surface area (Å²) < 4.78 is 15.3. The quantitative estimate of drug-likeness (QED) is 0.433. The molecule has 0 fully saturated rings. The van der Waals surface area contributed by atoms with Gasteiger partial charge in [-0.15, -0.1) is 6.58 Å². The summed E-state index contributed by atoms with van der Waals surface area (Å²) in [4.78, 5) is 0. The first-order chi connectivity index (χ1) is 5.74. The van der Waals surface area contributed by atoms with Gasteiger partial charge < -0.3 is 14.2 Å². The van der Waals surface area contributed by atoms with E-state index in [1.807, 2.05) is 13.0 Å². The third-order valence-corrected chi connectivity index (χ3v) is 1.54. The molecule has 0 saturated carbocycles. The monoisotopic (exact) mass is 174 g/mol. The van der Waals surface area contributed by atoms with Crippen LogP contribution in [0.15, 0.2) is 12.7 Å². The normalized spacial score (nSPS) is 13.3. The van der Waals surface area contributed by atoms with Gasteiger partial charge in [-0.05, 0) is 13.3 Å². The van der Waals surface area contributed by atoms with Crippen LogP contribution in [0.3, 0.4) is 0 Å². The fourth-order valence-electron chi connectivity index (χ4n) is 0.778. The van der Waals surface area contributed by atoms with E-state index in [4.69, 9.17) is 14.2 Å². The maximum atomic E-state index is 5.41. The summed E-state index contributed by atoms with van der Waals surface area (Å²) in [6.07, 6.45) is 2.59. The molecule has 0 aliphatic carbocycles. The fraction of sp³-hybridized carbons (Fsp3) is 0.778. The SMILES string of the molecule is C=CC[C@H](C)OCC(OC)OC. The Hall–Kier alpha value is -0.380. The number of ether oxygens (including phenoxy) is 3. The minimum Gasteiger partial charge on any atom is -0.373 e. The van der Waals surface area contributed by atoms with Gasteiger partial charge in [-0.2, -0.15) is 0 Å². The highest BCUT2D eigenvalue weighted by atomic mass is 16.7. The Morgan fingerprint density at radius 2 is 1.92 bits per heavy atom. The van der Waals surface area contributed by atoms with E-state index in [1.54, 1.807) is 14.2 Å². The first-order valence-electron chi connectivity index (χ1n) is 4.02. The van der Waals surface area contributed by atoms with Crippen molar-refractivity contribution >= 4 is 0 Å². The molecule has 3 nitrogen and oxygen atoms in total. The van der Waals surface area contributed by atoms with Crippen molar-refractivity contribution in [3.63, 3.8) is 0 Å². The van der Waals surface area contributed by atoms with E-state index in [-0.39, 0.29) is 12.4 Å². The van der Waals surface area contributed by atoms with Gasteiger partial charge in [0.1, 0.15) is 0 Å². The van der Waals surface area contributed by atoms with E-state index >= 15 is 0 Å². The first kappa shape index (κ1) is 11.6. The van der Waals surface area contributed by atoms with Gasteiger partial charge in [0, 0.05) is 14.2 Å². The Labute approximate surface area is 74.3 Å². The Bertz CT molecular complexity index is 110. The highest BCUT2D eigenvalue weighted by molar-refractivity contribution is 4.70. The second-order valence-corrected chi connectivity index (χ2v) is 2.57. The average Bonchev–Trinajstić information content (AvgIpc) is 2.07. The molecule has 0 bridgehead atoms. The Morgan fingerprint density at radius 1 is 1.33 bits per heavy atom. The second-order valence-electron chi connectivity index (χ2n) is 2.57. The molecule has 0 aromatic carbocycles. The smallest absolute Gasteiger partial charge is 0.180 e. The molecule has 0 heterocycles. The van der Waals surface area contributed by atoms with Gasteiger partial charge in [0.15, 0.2) is 6.29 Å².